The van der Waals surface area contributed by atoms with E-state index in [1.54, 1.807) is 24.1 Å². The van der Waals surface area contributed by atoms with Crippen LogP contribution in [0.5, 0.6) is 0 Å². The van der Waals surface area contributed by atoms with Crippen molar-refractivity contribution < 1.29 is 18.7 Å². The fourth-order valence-electron chi connectivity index (χ4n) is 2.90. The quantitative estimate of drug-likeness (QED) is 0.922. The van der Waals surface area contributed by atoms with Crippen LogP contribution in [0.1, 0.15) is 17.9 Å². The lowest BCUT2D eigenvalue weighted by atomic mass is 10.1. The van der Waals surface area contributed by atoms with E-state index in [4.69, 9.17) is 9.47 Å². The second-order valence-corrected chi connectivity index (χ2v) is 5.85. The van der Waals surface area contributed by atoms with Crippen molar-refractivity contribution in [3.05, 3.63) is 35.6 Å². The molecule has 1 aromatic rings. The van der Waals surface area contributed by atoms with Gasteiger partial charge in [0.05, 0.1) is 25.9 Å². The number of ether oxygens (including phenoxy) is 2. The van der Waals surface area contributed by atoms with Gasteiger partial charge in [0, 0.05) is 25.6 Å². The van der Waals surface area contributed by atoms with Gasteiger partial charge in [0.25, 0.3) is 0 Å². The van der Waals surface area contributed by atoms with E-state index in [-0.39, 0.29) is 29.9 Å². The molecule has 0 aromatic heterocycles. The Kier molecular flexibility index (Phi) is 4.59. The molecular formula is C16H21FN2O3. The molecule has 2 amide bonds. The zero-order valence-corrected chi connectivity index (χ0v) is 12.6. The van der Waals surface area contributed by atoms with Crippen LogP contribution in [-0.4, -0.2) is 56.5 Å². The van der Waals surface area contributed by atoms with Crippen molar-refractivity contribution in [2.45, 2.75) is 24.5 Å². The molecule has 1 aliphatic heterocycles. The molecule has 3 rings (SSSR count). The predicted molar refractivity (Wildman–Crippen MR) is 79.3 cm³/mol. The Hall–Kier alpha value is -1.66. The highest BCUT2D eigenvalue weighted by Gasteiger charge is 2.40. The summed E-state index contributed by atoms with van der Waals surface area (Å²) in [6, 6.07) is 6.61. The first-order valence-electron chi connectivity index (χ1n) is 7.59. The van der Waals surface area contributed by atoms with E-state index in [1.165, 1.54) is 6.07 Å². The molecule has 1 aromatic carbocycles. The van der Waals surface area contributed by atoms with Crippen LogP contribution in [0.3, 0.4) is 0 Å². The average molecular weight is 308 g/mol. The summed E-state index contributed by atoms with van der Waals surface area (Å²) >= 11 is 0. The van der Waals surface area contributed by atoms with Crippen molar-refractivity contribution in [2.75, 3.05) is 33.4 Å². The number of nitrogens with zero attached hydrogens (tertiary/aromatic N) is 1. The van der Waals surface area contributed by atoms with Gasteiger partial charge >= 0.3 is 6.03 Å². The van der Waals surface area contributed by atoms with Crippen LogP contribution in [0.15, 0.2) is 24.3 Å². The van der Waals surface area contributed by atoms with E-state index in [9.17, 15) is 9.18 Å². The molecule has 3 unspecified atom stereocenters. The van der Waals surface area contributed by atoms with E-state index >= 15 is 0 Å². The van der Waals surface area contributed by atoms with Crippen LogP contribution in [0.4, 0.5) is 9.18 Å². The van der Waals surface area contributed by atoms with E-state index in [0.717, 1.165) is 12.0 Å². The predicted octanol–water partition coefficient (Wildman–Crippen LogP) is 1.74. The topological polar surface area (TPSA) is 50.8 Å². The number of amides is 2. The maximum atomic E-state index is 13.2. The van der Waals surface area contributed by atoms with Crippen molar-refractivity contribution in [1.82, 2.24) is 10.2 Å². The van der Waals surface area contributed by atoms with Crippen molar-refractivity contribution in [3.63, 3.8) is 0 Å². The van der Waals surface area contributed by atoms with Gasteiger partial charge in [0.15, 0.2) is 0 Å². The normalized spacial score (nSPS) is 27.5. The van der Waals surface area contributed by atoms with E-state index in [1.807, 2.05) is 6.07 Å². The minimum absolute atomic E-state index is 0.0669. The molecule has 0 bridgehead atoms. The van der Waals surface area contributed by atoms with Gasteiger partial charge in [-0.25, -0.2) is 9.18 Å². The summed E-state index contributed by atoms with van der Waals surface area (Å²) in [6.07, 6.45) is 0.795. The smallest absolute Gasteiger partial charge is 0.317 e. The molecule has 6 heteroatoms. The lowest BCUT2D eigenvalue weighted by Crippen LogP contribution is -2.51. The van der Waals surface area contributed by atoms with Crippen molar-refractivity contribution >= 4 is 6.03 Å². The molecule has 2 aliphatic rings. The molecule has 120 valence electrons. The van der Waals surface area contributed by atoms with Gasteiger partial charge in [0.1, 0.15) is 5.82 Å². The molecule has 22 heavy (non-hydrogen) atoms. The summed E-state index contributed by atoms with van der Waals surface area (Å²) in [5.41, 5.74) is 0.949. The molecule has 2 fully saturated rings. The Morgan fingerprint density at radius 1 is 1.55 bits per heavy atom. The van der Waals surface area contributed by atoms with Crippen LogP contribution in [0.25, 0.3) is 0 Å². The number of halogens is 1. The van der Waals surface area contributed by atoms with E-state index < -0.39 is 0 Å². The van der Waals surface area contributed by atoms with Gasteiger partial charge in [-0.05, 0) is 24.1 Å². The first kappa shape index (κ1) is 15.2. The highest BCUT2D eigenvalue weighted by molar-refractivity contribution is 5.75. The molecule has 1 aliphatic carbocycles. The first-order chi connectivity index (χ1) is 10.7. The zero-order chi connectivity index (χ0) is 15.5. The van der Waals surface area contributed by atoms with Gasteiger partial charge in [-0.2, -0.15) is 0 Å². The van der Waals surface area contributed by atoms with Gasteiger partial charge < -0.3 is 19.7 Å². The number of carbonyl (C=O) groups is 1. The Labute approximate surface area is 129 Å². The number of benzene rings is 1. The number of methoxy groups -OCH3 is 1. The summed E-state index contributed by atoms with van der Waals surface area (Å²) < 4.78 is 23.8. The Bertz CT molecular complexity index is 538. The van der Waals surface area contributed by atoms with Gasteiger partial charge in [-0.3, -0.25) is 0 Å². The lowest BCUT2D eigenvalue weighted by molar-refractivity contribution is -0.0494. The molecule has 3 atom stereocenters. The van der Waals surface area contributed by atoms with Gasteiger partial charge in [-0.1, -0.05) is 12.1 Å². The molecule has 1 heterocycles. The van der Waals surface area contributed by atoms with Gasteiger partial charge in [-0.15, -0.1) is 0 Å². The fraction of sp³-hybridized carbons (Fsp3) is 0.562. The maximum Gasteiger partial charge on any atom is 0.317 e. The lowest BCUT2D eigenvalue weighted by Gasteiger charge is -2.32. The molecule has 0 spiro atoms. The first-order valence-corrected chi connectivity index (χ1v) is 7.59. The summed E-state index contributed by atoms with van der Waals surface area (Å²) in [5.74, 6) is -0.0134. The van der Waals surface area contributed by atoms with Crippen molar-refractivity contribution in [1.29, 1.82) is 0 Å². The Morgan fingerprint density at radius 3 is 3.18 bits per heavy atom. The number of urea groups is 1. The number of nitrogens with one attached hydrogen (secondary N) is 1. The van der Waals surface area contributed by atoms with E-state index in [2.05, 4.69) is 5.32 Å². The number of carbonyl (C=O) groups excluding carboxylic acids is 1. The highest BCUT2D eigenvalue weighted by atomic mass is 19.1. The second kappa shape index (κ2) is 6.62. The summed E-state index contributed by atoms with van der Waals surface area (Å²) in [7, 11) is 1.62. The third-order valence-electron chi connectivity index (χ3n) is 4.15. The largest absolute Gasteiger partial charge is 0.382 e. The fourth-order valence-corrected chi connectivity index (χ4v) is 2.90. The molecule has 5 nitrogen and oxygen atoms in total. The second-order valence-electron chi connectivity index (χ2n) is 5.85. The molecule has 1 saturated heterocycles. The standard InChI is InChI=1S/C16H21FN2O3/c1-21-10-13-9-19(5-6-22-13)16(20)18-15-8-14(15)11-3-2-4-12(17)7-11/h2-4,7,13-15H,5-6,8-10H2,1H3,(H,18,20). The number of hydrogen-bond acceptors (Lipinski definition) is 3. The summed E-state index contributed by atoms with van der Waals surface area (Å²) in [5, 5.41) is 3.02. The Morgan fingerprint density at radius 2 is 2.41 bits per heavy atom. The minimum Gasteiger partial charge on any atom is -0.382 e. The van der Waals surface area contributed by atoms with Crippen LogP contribution < -0.4 is 5.32 Å². The number of rotatable bonds is 4. The monoisotopic (exact) mass is 308 g/mol. The third kappa shape index (κ3) is 3.56. The summed E-state index contributed by atoms with van der Waals surface area (Å²) in [4.78, 5) is 14.0. The number of hydrogen-bond donors (Lipinski definition) is 1. The average Bonchev–Trinajstić information content (AvgIpc) is 3.27. The number of morpholine rings is 1. The summed E-state index contributed by atoms with van der Waals surface area (Å²) in [6.45, 7) is 2.14. The van der Waals surface area contributed by atoms with Crippen LogP contribution in [0.2, 0.25) is 0 Å². The van der Waals surface area contributed by atoms with E-state index in [0.29, 0.717) is 26.3 Å². The highest BCUT2D eigenvalue weighted by Crippen LogP contribution is 2.41. The van der Waals surface area contributed by atoms with Crippen LogP contribution in [-0.2, 0) is 9.47 Å². The van der Waals surface area contributed by atoms with Crippen LogP contribution >= 0.6 is 0 Å². The van der Waals surface area contributed by atoms with Crippen LogP contribution in [0, 0.1) is 5.82 Å². The zero-order valence-electron chi connectivity index (χ0n) is 12.6. The van der Waals surface area contributed by atoms with Crippen molar-refractivity contribution in [3.8, 4) is 0 Å². The van der Waals surface area contributed by atoms with Crippen molar-refractivity contribution in [2.24, 2.45) is 0 Å². The minimum atomic E-state index is -0.231. The van der Waals surface area contributed by atoms with Gasteiger partial charge in [0.2, 0.25) is 0 Å². The third-order valence-corrected chi connectivity index (χ3v) is 4.15. The Balaban J connectivity index is 1.51. The molecule has 0 radical (unpaired) electrons. The molecule has 1 N–H and O–H groups in total. The SMILES string of the molecule is COCC1CN(C(=O)NC2CC2c2cccc(F)c2)CCO1. The maximum absolute atomic E-state index is 13.2. The molecule has 1 saturated carbocycles. The molecular weight excluding hydrogens is 287 g/mol.